The van der Waals surface area contributed by atoms with E-state index in [0.717, 1.165) is 0 Å². The summed E-state index contributed by atoms with van der Waals surface area (Å²) in [4.78, 5) is 10.2. The fraction of sp³-hybridized carbons (Fsp3) is 0.500. The second kappa shape index (κ2) is 4.08. The molecule has 0 aromatic heterocycles. The van der Waals surface area contributed by atoms with Crippen LogP contribution in [0, 0.1) is 0 Å². The van der Waals surface area contributed by atoms with E-state index in [1.807, 2.05) is 0 Å². The minimum Gasteiger partial charge on any atom is -0.462 e. The molecule has 0 amide bonds. The summed E-state index contributed by atoms with van der Waals surface area (Å²) in [6, 6.07) is 0. The van der Waals surface area contributed by atoms with Gasteiger partial charge in [0.05, 0.1) is 6.61 Å². The summed E-state index contributed by atoms with van der Waals surface area (Å²) in [5.74, 6) is -0.828. The molecule has 52 valence electrons. The summed E-state index contributed by atoms with van der Waals surface area (Å²) in [6.45, 7) is 1.78. The molecule has 4 nitrogen and oxygen atoms in total. The SMILES string of the molecule is CCOC(=O)C=S(=O)=O. The van der Waals surface area contributed by atoms with Crippen LogP contribution in [0.15, 0.2) is 0 Å². The predicted octanol–water partition coefficient (Wildman–Crippen LogP) is -0.769. The molecule has 0 aliphatic carbocycles. The first kappa shape index (κ1) is 8.16. The number of hydrogen-bond donors (Lipinski definition) is 0. The fourth-order valence-electron chi connectivity index (χ4n) is 0.255. The van der Waals surface area contributed by atoms with Crippen molar-refractivity contribution >= 4 is 21.6 Å². The molecular weight excluding hydrogens is 144 g/mol. The van der Waals surface area contributed by atoms with Crippen molar-refractivity contribution in [3.8, 4) is 0 Å². The molecule has 5 heteroatoms. The Labute approximate surface area is 54.0 Å². The van der Waals surface area contributed by atoms with Gasteiger partial charge < -0.3 is 4.74 Å². The Bertz CT molecular complexity index is 205. The van der Waals surface area contributed by atoms with Crippen LogP contribution < -0.4 is 0 Å². The molecule has 0 fully saturated rings. The molecule has 9 heavy (non-hydrogen) atoms. The molecule has 0 N–H and O–H groups in total. The molecule has 0 aliphatic heterocycles. The molecule has 0 bridgehead atoms. The second-order valence-electron chi connectivity index (χ2n) is 1.13. The largest absolute Gasteiger partial charge is 0.462 e. The normalized spacial score (nSPS) is 8.11. The number of rotatable bonds is 2. The minimum absolute atomic E-state index is 0.187. The molecular formula is C4H6O4S. The van der Waals surface area contributed by atoms with Crippen molar-refractivity contribution in [3.05, 3.63) is 0 Å². The molecule has 0 rings (SSSR count). The molecule has 0 heterocycles. The predicted molar refractivity (Wildman–Crippen MR) is 31.6 cm³/mol. The average molecular weight is 150 g/mol. The Balaban J connectivity index is 3.94. The summed E-state index contributed by atoms with van der Waals surface area (Å²) < 4.78 is 23.7. The maximum atomic E-state index is 10.2. The van der Waals surface area contributed by atoms with Gasteiger partial charge in [-0.25, -0.2) is 4.79 Å². The van der Waals surface area contributed by atoms with E-state index in [1.165, 1.54) is 0 Å². The third-order valence-electron chi connectivity index (χ3n) is 0.479. The maximum absolute atomic E-state index is 10.2. The second-order valence-corrected chi connectivity index (χ2v) is 1.89. The lowest BCUT2D eigenvalue weighted by molar-refractivity contribution is -0.134. The van der Waals surface area contributed by atoms with E-state index in [9.17, 15) is 13.2 Å². The zero-order valence-corrected chi connectivity index (χ0v) is 5.64. The molecule has 0 radical (unpaired) electrons. The topological polar surface area (TPSA) is 60.4 Å². The van der Waals surface area contributed by atoms with Crippen molar-refractivity contribution < 1.29 is 17.9 Å². The number of esters is 1. The van der Waals surface area contributed by atoms with Gasteiger partial charge in [0, 0.05) is 0 Å². The first-order valence-corrected chi connectivity index (χ1v) is 3.40. The van der Waals surface area contributed by atoms with E-state index in [4.69, 9.17) is 0 Å². The molecule has 0 aliphatic rings. The van der Waals surface area contributed by atoms with Gasteiger partial charge in [-0.05, 0) is 6.92 Å². The van der Waals surface area contributed by atoms with Crippen LogP contribution in [0.4, 0.5) is 0 Å². The zero-order chi connectivity index (χ0) is 7.28. The minimum atomic E-state index is -2.45. The Kier molecular flexibility index (Phi) is 3.70. The van der Waals surface area contributed by atoms with Gasteiger partial charge in [0.25, 0.3) is 0 Å². The Morgan fingerprint density at radius 1 is 1.67 bits per heavy atom. The first-order valence-electron chi connectivity index (χ1n) is 2.26. The molecule has 0 saturated heterocycles. The van der Waals surface area contributed by atoms with E-state index < -0.39 is 16.3 Å². The quantitative estimate of drug-likeness (QED) is 0.383. The third-order valence-corrected chi connectivity index (χ3v) is 0.864. The fourth-order valence-corrected chi connectivity index (χ4v) is 0.480. The van der Waals surface area contributed by atoms with Crippen LogP contribution in [0.3, 0.4) is 0 Å². The highest BCUT2D eigenvalue weighted by Crippen LogP contribution is 1.69. The Morgan fingerprint density at radius 2 is 2.22 bits per heavy atom. The van der Waals surface area contributed by atoms with E-state index in [-0.39, 0.29) is 6.61 Å². The van der Waals surface area contributed by atoms with Crippen molar-refractivity contribution in [2.24, 2.45) is 0 Å². The van der Waals surface area contributed by atoms with Crippen LogP contribution in [0.5, 0.6) is 0 Å². The third kappa shape index (κ3) is 5.02. The Morgan fingerprint density at radius 3 is 2.56 bits per heavy atom. The number of hydrogen-bond acceptors (Lipinski definition) is 4. The highest BCUT2D eigenvalue weighted by Gasteiger charge is 1.93. The lowest BCUT2D eigenvalue weighted by Crippen LogP contribution is -2.04. The van der Waals surface area contributed by atoms with Crippen molar-refractivity contribution in [2.75, 3.05) is 6.61 Å². The van der Waals surface area contributed by atoms with Gasteiger partial charge in [0.1, 0.15) is 5.37 Å². The van der Waals surface area contributed by atoms with Gasteiger partial charge in [0.15, 0.2) is 0 Å². The van der Waals surface area contributed by atoms with Gasteiger partial charge in [-0.2, -0.15) is 8.42 Å². The van der Waals surface area contributed by atoms with Crippen LogP contribution >= 0.6 is 0 Å². The highest BCUT2D eigenvalue weighted by atomic mass is 32.2. The lowest BCUT2D eigenvalue weighted by atomic mass is 10.8. The summed E-state index contributed by atoms with van der Waals surface area (Å²) >= 11 is 0. The standard InChI is InChI=1S/C4H6O4S/c1-2-8-4(5)3-9(6)7/h3H,2H2,1H3. The molecule has 0 atom stereocenters. The van der Waals surface area contributed by atoms with Gasteiger partial charge in [0.2, 0.25) is 10.3 Å². The smallest absolute Gasteiger partial charge is 0.346 e. The number of carbonyl (C=O) groups is 1. The maximum Gasteiger partial charge on any atom is 0.346 e. The van der Waals surface area contributed by atoms with E-state index in [2.05, 4.69) is 4.74 Å². The molecule has 0 spiro atoms. The monoisotopic (exact) mass is 150 g/mol. The van der Waals surface area contributed by atoms with Crippen molar-refractivity contribution in [3.63, 3.8) is 0 Å². The summed E-state index contributed by atoms with van der Waals surface area (Å²) in [6.07, 6.45) is 0. The van der Waals surface area contributed by atoms with E-state index in [1.54, 1.807) is 6.92 Å². The van der Waals surface area contributed by atoms with Crippen molar-refractivity contribution in [2.45, 2.75) is 6.92 Å². The van der Waals surface area contributed by atoms with Crippen LogP contribution in [-0.2, 0) is 19.8 Å². The van der Waals surface area contributed by atoms with Crippen LogP contribution in [-0.4, -0.2) is 26.4 Å². The molecule has 0 saturated carbocycles. The van der Waals surface area contributed by atoms with Gasteiger partial charge in [-0.3, -0.25) is 0 Å². The van der Waals surface area contributed by atoms with Crippen LogP contribution in [0.2, 0.25) is 0 Å². The summed E-state index contributed by atoms with van der Waals surface area (Å²) in [7, 11) is -2.45. The van der Waals surface area contributed by atoms with Crippen molar-refractivity contribution in [1.29, 1.82) is 0 Å². The van der Waals surface area contributed by atoms with Crippen molar-refractivity contribution in [1.82, 2.24) is 0 Å². The summed E-state index contributed by atoms with van der Waals surface area (Å²) in [5.41, 5.74) is 0. The molecule has 0 unspecified atom stereocenters. The average Bonchev–Trinajstić information content (AvgIpc) is 1.63. The van der Waals surface area contributed by atoms with E-state index >= 15 is 0 Å². The van der Waals surface area contributed by atoms with Gasteiger partial charge in [-0.15, -0.1) is 0 Å². The van der Waals surface area contributed by atoms with Gasteiger partial charge >= 0.3 is 5.97 Å². The van der Waals surface area contributed by atoms with E-state index in [0.29, 0.717) is 5.37 Å². The molecule has 0 aromatic carbocycles. The van der Waals surface area contributed by atoms with Crippen LogP contribution in [0.25, 0.3) is 0 Å². The zero-order valence-electron chi connectivity index (χ0n) is 4.83. The molecule has 0 aromatic rings. The first-order chi connectivity index (χ1) is 4.16. The van der Waals surface area contributed by atoms with Gasteiger partial charge in [-0.1, -0.05) is 0 Å². The number of carbonyl (C=O) groups excluding carboxylic acids is 1. The van der Waals surface area contributed by atoms with Crippen LogP contribution in [0.1, 0.15) is 6.92 Å². The summed E-state index contributed by atoms with van der Waals surface area (Å²) in [5, 5.41) is 0.476. The highest BCUT2D eigenvalue weighted by molar-refractivity contribution is 7.73. The lowest BCUT2D eigenvalue weighted by Gasteiger charge is -1.89. The Hall–Kier alpha value is -0.840. The number of ether oxygens (including phenoxy) is 1.